The minimum absolute atomic E-state index is 0.651. The van der Waals surface area contributed by atoms with Crippen LogP contribution in [0.3, 0.4) is 0 Å². The maximum Gasteiger partial charge on any atom is 0.107 e. The number of hydrogen-bond donors (Lipinski definition) is 1. The van der Waals surface area contributed by atoms with Gasteiger partial charge in [0.1, 0.15) is 5.01 Å². The van der Waals surface area contributed by atoms with E-state index in [0.29, 0.717) is 6.61 Å². The fraction of sp³-hybridized carbons (Fsp3) is 0.727. The molecule has 4 heteroatoms. The zero-order valence-electron chi connectivity index (χ0n) is 9.58. The largest absolute Gasteiger partial charge is 0.375 e. The summed E-state index contributed by atoms with van der Waals surface area (Å²) in [6.07, 6.45) is 2.23. The summed E-state index contributed by atoms with van der Waals surface area (Å²) in [6, 6.07) is 0. The average molecular weight is 228 g/mol. The second-order valence-electron chi connectivity index (χ2n) is 3.46. The third-order valence-electron chi connectivity index (χ3n) is 1.90. The van der Waals surface area contributed by atoms with Gasteiger partial charge < -0.3 is 10.1 Å². The zero-order chi connectivity index (χ0) is 10.9. The Balaban J connectivity index is 2.23. The summed E-state index contributed by atoms with van der Waals surface area (Å²) in [5.74, 6) is 0. The van der Waals surface area contributed by atoms with Gasteiger partial charge in [-0.3, -0.25) is 0 Å². The van der Waals surface area contributed by atoms with Gasteiger partial charge in [0.25, 0.3) is 0 Å². The molecule has 0 bridgehead atoms. The van der Waals surface area contributed by atoms with E-state index in [9.17, 15) is 0 Å². The monoisotopic (exact) mass is 228 g/mol. The highest BCUT2D eigenvalue weighted by Gasteiger charge is 2.01. The van der Waals surface area contributed by atoms with Crippen molar-refractivity contribution in [2.45, 2.75) is 39.8 Å². The van der Waals surface area contributed by atoms with E-state index in [2.05, 4.69) is 29.5 Å². The van der Waals surface area contributed by atoms with E-state index < -0.39 is 0 Å². The topological polar surface area (TPSA) is 34.2 Å². The number of aromatic nitrogens is 1. The lowest BCUT2D eigenvalue weighted by Gasteiger charge is -1.99. The molecule has 1 aromatic rings. The van der Waals surface area contributed by atoms with Crippen molar-refractivity contribution in [2.75, 3.05) is 13.2 Å². The van der Waals surface area contributed by atoms with E-state index in [-0.39, 0.29) is 0 Å². The smallest absolute Gasteiger partial charge is 0.107 e. The van der Waals surface area contributed by atoms with Gasteiger partial charge >= 0.3 is 0 Å². The van der Waals surface area contributed by atoms with Crippen LogP contribution in [-0.4, -0.2) is 18.1 Å². The Morgan fingerprint density at radius 1 is 1.40 bits per heavy atom. The van der Waals surface area contributed by atoms with E-state index in [1.165, 1.54) is 0 Å². The summed E-state index contributed by atoms with van der Waals surface area (Å²) in [7, 11) is 0. The van der Waals surface area contributed by atoms with Crippen molar-refractivity contribution in [3.05, 3.63) is 16.1 Å². The Morgan fingerprint density at radius 2 is 2.27 bits per heavy atom. The van der Waals surface area contributed by atoms with Gasteiger partial charge in [-0.2, -0.15) is 0 Å². The average Bonchev–Trinajstić information content (AvgIpc) is 2.67. The lowest BCUT2D eigenvalue weighted by Crippen LogP contribution is -2.13. The van der Waals surface area contributed by atoms with Gasteiger partial charge in [-0.15, -0.1) is 11.3 Å². The molecule has 0 saturated heterocycles. The van der Waals surface area contributed by atoms with Crippen molar-refractivity contribution in [3.8, 4) is 0 Å². The lowest BCUT2D eigenvalue weighted by molar-refractivity contribution is 0.119. The van der Waals surface area contributed by atoms with Crippen molar-refractivity contribution >= 4 is 11.3 Å². The second-order valence-corrected chi connectivity index (χ2v) is 4.40. The molecule has 0 amide bonds. The Kier molecular flexibility index (Phi) is 6.55. The molecule has 0 saturated carbocycles. The van der Waals surface area contributed by atoms with Crippen LogP contribution < -0.4 is 5.32 Å². The SMILES string of the molecule is CCCNCc1nc(COCCC)cs1. The van der Waals surface area contributed by atoms with Gasteiger partial charge in [0.05, 0.1) is 12.3 Å². The van der Waals surface area contributed by atoms with Gasteiger partial charge in [0, 0.05) is 18.5 Å². The van der Waals surface area contributed by atoms with Crippen LogP contribution in [0.25, 0.3) is 0 Å². The van der Waals surface area contributed by atoms with Crippen molar-refractivity contribution in [2.24, 2.45) is 0 Å². The van der Waals surface area contributed by atoms with Gasteiger partial charge in [-0.1, -0.05) is 13.8 Å². The highest BCUT2D eigenvalue weighted by Crippen LogP contribution is 2.10. The molecule has 0 aromatic carbocycles. The van der Waals surface area contributed by atoms with Gasteiger partial charge in [-0.05, 0) is 19.4 Å². The van der Waals surface area contributed by atoms with Crippen LogP contribution in [0.5, 0.6) is 0 Å². The number of nitrogens with one attached hydrogen (secondary N) is 1. The molecule has 0 spiro atoms. The first kappa shape index (κ1) is 12.6. The zero-order valence-corrected chi connectivity index (χ0v) is 10.4. The third kappa shape index (κ3) is 5.25. The summed E-state index contributed by atoms with van der Waals surface area (Å²) in [4.78, 5) is 4.48. The first-order valence-corrected chi connectivity index (χ1v) is 6.46. The van der Waals surface area contributed by atoms with E-state index >= 15 is 0 Å². The van der Waals surface area contributed by atoms with E-state index in [1.807, 2.05) is 0 Å². The normalized spacial score (nSPS) is 10.8. The molecule has 0 fully saturated rings. The van der Waals surface area contributed by atoms with E-state index in [0.717, 1.165) is 43.2 Å². The summed E-state index contributed by atoms with van der Waals surface area (Å²) in [5, 5.41) is 6.57. The lowest BCUT2D eigenvalue weighted by atomic mass is 10.5. The number of rotatable bonds is 8. The van der Waals surface area contributed by atoms with Crippen molar-refractivity contribution in [1.29, 1.82) is 0 Å². The molecule has 86 valence electrons. The first-order valence-electron chi connectivity index (χ1n) is 5.58. The maximum atomic E-state index is 5.43. The van der Waals surface area contributed by atoms with Gasteiger partial charge in [-0.25, -0.2) is 4.98 Å². The number of thiazole rings is 1. The number of ether oxygens (including phenoxy) is 1. The molecule has 0 aliphatic heterocycles. The molecular formula is C11H20N2OS. The van der Waals surface area contributed by atoms with Gasteiger partial charge in [0.2, 0.25) is 0 Å². The summed E-state index contributed by atoms with van der Waals surface area (Å²) in [5.41, 5.74) is 1.06. The van der Waals surface area contributed by atoms with Crippen LogP contribution in [0.4, 0.5) is 0 Å². The second kappa shape index (κ2) is 7.79. The van der Waals surface area contributed by atoms with Crippen molar-refractivity contribution in [3.63, 3.8) is 0 Å². The summed E-state index contributed by atoms with van der Waals surface area (Å²) < 4.78 is 5.43. The first-order chi connectivity index (χ1) is 7.36. The van der Waals surface area contributed by atoms with Crippen LogP contribution >= 0.6 is 11.3 Å². The van der Waals surface area contributed by atoms with Crippen molar-refractivity contribution < 1.29 is 4.74 Å². The number of nitrogens with zero attached hydrogens (tertiary/aromatic N) is 1. The summed E-state index contributed by atoms with van der Waals surface area (Å²) >= 11 is 1.70. The molecule has 0 atom stereocenters. The Bertz CT molecular complexity index is 238. The quantitative estimate of drug-likeness (QED) is 0.694. The molecule has 1 heterocycles. The molecule has 1 N–H and O–H groups in total. The standard InChI is InChI=1S/C11H20N2OS/c1-3-5-12-7-11-13-10(9-15-11)8-14-6-4-2/h9,12H,3-8H2,1-2H3. The molecule has 1 aromatic heterocycles. The van der Waals surface area contributed by atoms with Crippen LogP contribution in [0.15, 0.2) is 5.38 Å². The number of hydrogen-bond acceptors (Lipinski definition) is 4. The van der Waals surface area contributed by atoms with Crippen LogP contribution in [0.2, 0.25) is 0 Å². The molecule has 0 aliphatic carbocycles. The molecule has 0 aliphatic rings. The molecule has 0 unspecified atom stereocenters. The molecular weight excluding hydrogens is 208 g/mol. The van der Waals surface area contributed by atoms with Crippen molar-refractivity contribution in [1.82, 2.24) is 10.3 Å². The minimum atomic E-state index is 0.651. The van der Waals surface area contributed by atoms with Crippen LogP contribution in [-0.2, 0) is 17.9 Å². The highest BCUT2D eigenvalue weighted by molar-refractivity contribution is 7.09. The molecule has 0 radical (unpaired) electrons. The minimum Gasteiger partial charge on any atom is -0.375 e. The third-order valence-corrected chi connectivity index (χ3v) is 2.80. The van der Waals surface area contributed by atoms with E-state index in [1.54, 1.807) is 11.3 Å². The predicted octanol–water partition coefficient (Wildman–Crippen LogP) is 2.57. The Morgan fingerprint density at radius 3 is 3.00 bits per heavy atom. The fourth-order valence-electron chi connectivity index (χ4n) is 1.19. The maximum absolute atomic E-state index is 5.43. The molecule has 3 nitrogen and oxygen atoms in total. The molecule has 1 rings (SSSR count). The summed E-state index contributed by atoms with van der Waals surface area (Å²) in [6.45, 7) is 7.69. The Hall–Kier alpha value is -0.450. The molecule has 15 heavy (non-hydrogen) atoms. The fourth-order valence-corrected chi connectivity index (χ4v) is 1.94. The predicted molar refractivity (Wildman–Crippen MR) is 64.1 cm³/mol. The van der Waals surface area contributed by atoms with E-state index in [4.69, 9.17) is 4.74 Å². The van der Waals surface area contributed by atoms with Crippen LogP contribution in [0, 0.1) is 0 Å². The Labute approximate surface area is 95.9 Å². The van der Waals surface area contributed by atoms with Crippen LogP contribution in [0.1, 0.15) is 37.4 Å². The highest BCUT2D eigenvalue weighted by atomic mass is 32.1. The van der Waals surface area contributed by atoms with Gasteiger partial charge in [0.15, 0.2) is 0 Å².